The van der Waals surface area contributed by atoms with Crippen molar-refractivity contribution in [2.24, 2.45) is 5.10 Å². The summed E-state index contributed by atoms with van der Waals surface area (Å²) >= 11 is 7.81. The fourth-order valence-corrected chi connectivity index (χ4v) is 4.38. The number of nitrogens with zero attached hydrogens (tertiary/aromatic N) is 2. The summed E-state index contributed by atoms with van der Waals surface area (Å²) in [6.07, 6.45) is 3.41. The maximum Gasteiger partial charge on any atom is 0.283 e. The van der Waals surface area contributed by atoms with Crippen LogP contribution in [0.1, 0.15) is 26.4 Å². The Morgan fingerprint density at radius 1 is 1.07 bits per heavy atom. The van der Waals surface area contributed by atoms with E-state index in [2.05, 4.69) is 15.5 Å². The topological polar surface area (TPSA) is 54.4 Å². The number of pyridine rings is 1. The Morgan fingerprint density at radius 2 is 1.86 bits per heavy atom. The normalized spacial score (nSPS) is 11.6. The first-order valence-corrected chi connectivity index (χ1v) is 9.85. The van der Waals surface area contributed by atoms with Gasteiger partial charge in [-0.1, -0.05) is 54.1 Å². The van der Waals surface area contributed by atoms with Gasteiger partial charge in [0.25, 0.3) is 5.91 Å². The molecule has 2 heterocycles. The van der Waals surface area contributed by atoms with Gasteiger partial charge in [-0.2, -0.15) is 5.10 Å². The third kappa shape index (κ3) is 3.67. The van der Waals surface area contributed by atoms with Crippen molar-refractivity contribution in [1.82, 2.24) is 10.4 Å². The van der Waals surface area contributed by atoms with Crippen LogP contribution >= 0.6 is 22.9 Å². The molecule has 138 valence electrons. The minimum absolute atomic E-state index is 0.332. The van der Waals surface area contributed by atoms with E-state index in [1.807, 2.05) is 67.6 Å². The zero-order valence-electron chi connectivity index (χ0n) is 15.0. The van der Waals surface area contributed by atoms with E-state index < -0.39 is 0 Å². The lowest BCUT2D eigenvalue weighted by Gasteiger charge is -2.07. The lowest BCUT2D eigenvalue weighted by molar-refractivity contribution is 0.0959. The molecule has 0 aliphatic heterocycles. The highest BCUT2D eigenvalue weighted by Gasteiger charge is 2.17. The fourth-order valence-electron chi connectivity index (χ4n) is 2.87. The van der Waals surface area contributed by atoms with E-state index in [-0.39, 0.29) is 5.91 Å². The van der Waals surface area contributed by atoms with E-state index in [1.54, 1.807) is 12.4 Å². The highest BCUT2D eigenvalue weighted by atomic mass is 35.5. The number of aryl methyl sites for hydroxylation is 1. The van der Waals surface area contributed by atoms with Crippen molar-refractivity contribution < 1.29 is 4.79 Å². The van der Waals surface area contributed by atoms with Crippen LogP contribution < -0.4 is 5.43 Å². The van der Waals surface area contributed by atoms with E-state index in [4.69, 9.17) is 11.6 Å². The van der Waals surface area contributed by atoms with Gasteiger partial charge in [-0.15, -0.1) is 11.3 Å². The van der Waals surface area contributed by atoms with Gasteiger partial charge < -0.3 is 0 Å². The molecular formula is C22H16ClN3OS. The SMILES string of the molecule is Cc1ccc2c(Cl)c(C(=O)NN=C(c3ccccc3)c3cccnc3)sc2c1. The summed E-state index contributed by atoms with van der Waals surface area (Å²) in [6.45, 7) is 2.01. The summed E-state index contributed by atoms with van der Waals surface area (Å²) in [6, 6.07) is 19.3. The molecule has 4 aromatic rings. The van der Waals surface area contributed by atoms with Crippen molar-refractivity contribution in [1.29, 1.82) is 0 Å². The number of aromatic nitrogens is 1. The Hall–Kier alpha value is -3.02. The number of hydrogen-bond acceptors (Lipinski definition) is 4. The highest BCUT2D eigenvalue weighted by Crippen LogP contribution is 2.35. The van der Waals surface area contributed by atoms with Crippen LogP contribution in [-0.4, -0.2) is 16.6 Å². The average Bonchev–Trinajstić information content (AvgIpc) is 3.05. The van der Waals surface area contributed by atoms with Crippen molar-refractivity contribution in [3.8, 4) is 0 Å². The number of halogens is 1. The molecule has 0 fully saturated rings. The zero-order chi connectivity index (χ0) is 19.5. The van der Waals surface area contributed by atoms with Crippen LogP contribution in [0, 0.1) is 6.92 Å². The Labute approximate surface area is 171 Å². The second-order valence-corrected chi connectivity index (χ2v) is 7.68. The maximum absolute atomic E-state index is 12.8. The molecule has 0 radical (unpaired) electrons. The number of nitrogens with one attached hydrogen (secondary N) is 1. The molecule has 28 heavy (non-hydrogen) atoms. The molecule has 6 heteroatoms. The van der Waals surface area contributed by atoms with Crippen LogP contribution in [0.3, 0.4) is 0 Å². The first kappa shape index (κ1) is 18.3. The standard InChI is InChI=1S/C22H16ClN3OS/c1-14-9-10-17-18(12-14)28-21(19(17)23)22(27)26-25-20(15-6-3-2-4-7-15)16-8-5-11-24-13-16/h2-13H,1H3,(H,26,27). The second kappa shape index (κ2) is 7.92. The summed E-state index contributed by atoms with van der Waals surface area (Å²) in [7, 11) is 0. The van der Waals surface area contributed by atoms with E-state index in [0.717, 1.165) is 26.8 Å². The largest absolute Gasteiger partial charge is 0.283 e. The van der Waals surface area contributed by atoms with Gasteiger partial charge in [0.1, 0.15) is 4.88 Å². The number of thiophene rings is 1. The van der Waals surface area contributed by atoms with Crippen LogP contribution in [0.5, 0.6) is 0 Å². The molecule has 0 atom stereocenters. The van der Waals surface area contributed by atoms with E-state index in [1.165, 1.54) is 11.3 Å². The molecule has 1 N–H and O–H groups in total. The summed E-state index contributed by atoms with van der Waals surface area (Å²) in [4.78, 5) is 17.4. The number of hydrogen-bond donors (Lipinski definition) is 1. The monoisotopic (exact) mass is 405 g/mol. The smallest absolute Gasteiger partial charge is 0.266 e. The Kier molecular flexibility index (Phi) is 5.19. The predicted molar refractivity (Wildman–Crippen MR) is 115 cm³/mol. The first-order valence-electron chi connectivity index (χ1n) is 8.66. The maximum atomic E-state index is 12.8. The zero-order valence-corrected chi connectivity index (χ0v) is 16.6. The van der Waals surface area contributed by atoms with Crippen molar-refractivity contribution in [3.05, 3.63) is 99.6 Å². The second-order valence-electron chi connectivity index (χ2n) is 6.25. The average molecular weight is 406 g/mol. The summed E-state index contributed by atoms with van der Waals surface area (Å²) < 4.78 is 0.981. The number of amides is 1. The first-order chi connectivity index (χ1) is 13.6. The van der Waals surface area contributed by atoms with Gasteiger partial charge in [0.15, 0.2) is 0 Å². The number of carbonyl (C=O) groups excluding carboxylic acids is 1. The summed E-state index contributed by atoms with van der Waals surface area (Å²) in [5.74, 6) is -0.332. The van der Waals surface area contributed by atoms with Gasteiger partial charge in [-0.05, 0) is 30.7 Å². The number of carbonyl (C=O) groups is 1. The van der Waals surface area contributed by atoms with Crippen LogP contribution in [0.15, 0.2) is 78.2 Å². The molecule has 0 spiro atoms. The van der Waals surface area contributed by atoms with Crippen molar-refractivity contribution in [2.45, 2.75) is 6.92 Å². The molecule has 0 unspecified atom stereocenters. The third-order valence-electron chi connectivity index (χ3n) is 4.24. The predicted octanol–water partition coefficient (Wildman–Crippen LogP) is 5.44. The minimum Gasteiger partial charge on any atom is -0.266 e. The molecule has 0 aliphatic rings. The third-order valence-corrected chi connectivity index (χ3v) is 5.90. The van der Waals surface area contributed by atoms with Crippen LogP contribution in [0.2, 0.25) is 5.02 Å². The van der Waals surface area contributed by atoms with Crippen molar-refractivity contribution >= 4 is 44.6 Å². The van der Waals surface area contributed by atoms with Crippen molar-refractivity contribution in [3.63, 3.8) is 0 Å². The molecule has 2 aromatic carbocycles. The molecule has 0 saturated heterocycles. The molecule has 4 rings (SSSR count). The number of fused-ring (bicyclic) bond motifs is 1. The van der Waals surface area contributed by atoms with Gasteiger partial charge in [0.05, 0.1) is 10.7 Å². The fraction of sp³-hybridized carbons (Fsp3) is 0.0455. The molecular weight excluding hydrogens is 390 g/mol. The molecule has 0 aliphatic carbocycles. The van der Waals surface area contributed by atoms with Crippen LogP contribution in [0.25, 0.3) is 10.1 Å². The highest BCUT2D eigenvalue weighted by molar-refractivity contribution is 7.21. The number of hydrazone groups is 1. The Bertz CT molecular complexity index is 1130. The quantitative estimate of drug-likeness (QED) is 0.363. The van der Waals surface area contributed by atoms with Crippen LogP contribution in [0.4, 0.5) is 0 Å². The number of benzene rings is 2. The minimum atomic E-state index is -0.332. The van der Waals surface area contributed by atoms with E-state index >= 15 is 0 Å². The molecule has 4 nitrogen and oxygen atoms in total. The molecule has 0 saturated carbocycles. The van der Waals surface area contributed by atoms with Gasteiger partial charge in [-0.25, -0.2) is 5.43 Å². The Balaban J connectivity index is 1.69. The van der Waals surface area contributed by atoms with E-state index in [9.17, 15) is 4.79 Å². The molecule has 0 bridgehead atoms. The van der Waals surface area contributed by atoms with Gasteiger partial charge in [0, 0.05) is 33.6 Å². The molecule has 2 aromatic heterocycles. The van der Waals surface area contributed by atoms with Crippen molar-refractivity contribution in [2.75, 3.05) is 0 Å². The number of rotatable bonds is 4. The lowest BCUT2D eigenvalue weighted by Crippen LogP contribution is -2.20. The van der Waals surface area contributed by atoms with Crippen LogP contribution in [-0.2, 0) is 0 Å². The lowest BCUT2D eigenvalue weighted by atomic mass is 10.0. The summed E-state index contributed by atoms with van der Waals surface area (Å²) in [5.41, 5.74) is 6.11. The van der Waals surface area contributed by atoms with E-state index in [0.29, 0.717) is 15.6 Å². The summed E-state index contributed by atoms with van der Waals surface area (Å²) in [5, 5.41) is 5.73. The Morgan fingerprint density at radius 3 is 2.61 bits per heavy atom. The van der Waals surface area contributed by atoms with Gasteiger partial charge in [-0.3, -0.25) is 9.78 Å². The van der Waals surface area contributed by atoms with Gasteiger partial charge in [0.2, 0.25) is 0 Å². The van der Waals surface area contributed by atoms with Gasteiger partial charge >= 0.3 is 0 Å². The molecule has 1 amide bonds.